The minimum atomic E-state index is -0.645. The van der Waals surface area contributed by atoms with Gasteiger partial charge < -0.3 is 0 Å². The lowest BCUT2D eigenvalue weighted by Crippen LogP contribution is -2.39. The van der Waals surface area contributed by atoms with E-state index >= 15 is 0 Å². The number of non-ortho nitro benzene ring substituents is 1. The van der Waals surface area contributed by atoms with Crippen molar-refractivity contribution in [1.82, 2.24) is 0 Å². The molecule has 0 saturated heterocycles. The van der Waals surface area contributed by atoms with E-state index in [0.717, 1.165) is 50.3 Å². The zero-order valence-corrected chi connectivity index (χ0v) is 14.8. The second kappa shape index (κ2) is 6.29. The van der Waals surface area contributed by atoms with Gasteiger partial charge in [0.15, 0.2) is 0 Å². The van der Waals surface area contributed by atoms with Crippen LogP contribution >= 0.6 is 0 Å². The third kappa shape index (κ3) is 2.81. The zero-order chi connectivity index (χ0) is 19.1. The summed E-state index contributed by atoms with van der Waals surface area (Å²) in [5, 5.41) is 26.6. The highest BCUT2D eigenvalue weighted by Crippen LogP contribution is 2.63. The van der Waals surface area contributed by atoms with E-state index < -0.39 is 9.85 Å². The summed E-state index contributed by atoms with van der Waals surface area (Å²) in [6, 6.07) is 3.55. The van der Waals surface area contributed by atoms with Gasteiger partial charge in [0.05, 0.1) is 15.9 Å². The van der Waals surface area contributed by atoms with Crippen LogP contribution in [0.15, 0.2) is 47.6 Å². The molecular weight excluding hydrogens is 348 g/mol. The average molecular weight is 368 g/mol. The molecule has 4 rings (SSSR count). The molecule has 1 aromatic carbocycles. The molecule has 1 N–H and O–H groups in total. The molecule has 0 amide bonds. The molecule has 140 valence electrons. The summed E-state index contributed by atoms with van der Waals surface area (Å²) in [5.74, 6) is 0. The fraction of sp³-hybridized carbons (Fsp3) is 0.421. The Kier molecular flexibility index (Phi) is 4.05. The van der Waals surface area contributed by atoms with E-state index in [-0.39, 0.29) is 27.9 Å². The largest absolute Gasteiger partial charge is 0.301 e. The van der Waals surface area contributed by atoms with Crippen LogP contribution in [-0.2, 0) is 0 Å². The number of allylic oxidation sites excluding steroid dienone is 4. The lowest BCUT2D eigenvalue weighted by atomic mass is 9.55. The van der Waals surface area contributed by atoms with Crippen molar-refractivity contribution in [2.24, 2.45) is 15.9 Å². The van der Waals surface area contributed by atoms with Gasteiger partial charge in [0, 0.05) is 11.8 Å². The molecule has 0 heterocycles. The monoisotopic (exact) mass is 368 g/mol. The average Bonchev–Trinajstić information content (AvgIpc) is 3.01. The van der Waals surface area contributed by atoms with Gasteiger partial charge in [0.25, 0.3) is 5.69 Å². The number of nitrogens with one attached hydrogen (secondary N) is 1. The number of hydrazone groups is 1. The minimum Gasteiger partial charge on any atom is -0.272 e. The van der Waals surface area contributed by atoms with Gasteiger partial charge in [-0.1, -0.05) is 24.3 Å². The summed E-state index contributed by atoms with van der Waals surface area (Å²) in [6.45, 7) is 0. The molecule has 8 nitrogen and oxygen atoms in total. The summed E-state index contributed by atoms with van der Waals surface area (Å²) in [6.07, 6.45) is 14.9. The number of nitrogens with zero attached hydrogens (tertiary/aromatic N) is 3. The number of hydrogen-bond donors (Lipinski definition) is 1. The second-order valence-corrected chi connectivity index (χ2v) is 7.68. The Morgan fingerprint density at radius 2 is 1.44 bits per heavy atom. The lowest BCUT2D eigenvalue weighted by Gasteiger charge is -2.48. The first-order valence-corrected chi connectivity index (χ1v) is 8.99. The van der Waals surface area contributed by atoms with Crippen molar-refractivity contribution in [3.8, 4) is 0 Å². The maximum atomic E-state index is 11.3. The molecule has 0 spiro atoms. The molecule has 3 aliphatic carbocycles. The van der Waals surface area contributed by atoms with Crippen LogP contribution in [0.5, 0.6) is 0 Å². The second-order valence-electron chi connectivity index (χ2n) is 7.68. The molecule has 0 radical (unpaired) electrons. The van der Waals surface area contributed by atoms with Crippen LogP contribution in [0.2, 0.25) is 0 Å². The van der Waals surface area contributed by atoms with Crippen molar-refractivity contribution in [1.29, 1.82) is 0 Å². The normalized spacial score (nSPS) is 28.4. The van der Waals surface area contributed by atoms with Crippen molar-refractivity contribution in [3.05, 3.63) is 62.7 Å². The fourth-order valence-electron chi connectivity index (χ4n) is 4.87. The van der Waals surface area contributed by atoms with E-state index in [0.29, 0.717) is 0 Å². The standard InChI is InChI=1S/C19H20N4O4/c24-22(25)15-5-6-16(17(11-15)23(26)27)21-20-14-12-18-7-1-2-8-19(18,13-14)10-4-3-9-18/h1-6,11,21H,7-10,12-13H2. The lowest BCUT2D eigenvalue weighted by molar-refractivity contribution is -0.393. The van der Waals surface area contributed by atoms with Crippen LogP contribution in [-0.4, -0.2) is 15.6 Å². The predicted molar refractivity (Wildman–Crippen MR) is 102 cm³/mol. The van der Waals surface area contributed by atoms with Crippen LogP contribution in [0.25, 0.3) is 0 Å². The first-order chi connectivity index (χ1) is 12.9. The summed E-state index contributed by atoms with van der Waals surface area (Å²) >= 11 is 0. The molecule has 1 fully saturated rings. The van der Waals surface area contributed by atoms with Gasteiger partial charge in [0.2, 0.25) is 0 Å². The maximum Gasteiger partial charge on any atom is 0.301 e. The summed E-state index contributed by atoms with van der Waals surface area (Å²) in [5.41, 5.74) is 3.70. The van der Waals surface area contributed by atoms with E-state index in [1.54, 1.807) is 0 Å². The molecule has 0 aromatic heterocycles. The van der Waals surface area contributed by atoms with Gasteiger partial charge in [0.1, 0.15) is 5.69 Å². The third-order valence-corrected chi connectivity index (χ3v) is 6.30. The molecule has 0 unspecified atom stereocenters. The highest BCUT2D eigenvalue weighted by molar-refractivity contribution is 5.89. The number of benzene rings is 1. The smallest absolute Gasteiger partial charge is 0.272 e. The van der Waals surface area contributed by atoms with Gasteiger partial charge in [-0.3, -0.25) is 25.7 Å². The van der Waals surface area contributed by atoms with Crippen molar-refractivity contribution >= 4 is 22.8 Å². The van der Waals surface area contributed by atoms with Crippen molar-refractivity contribution in [2.75, 3.05) is 5.43 Å². The number of nitro benzene ring substituents is 2. The van der Waals surface area contributed by atoms with Gasteiger partial charge in [-0.15, -0.1) is 0 Å². The van der Waals surface area contributed by atoms with E-state index in [1.807, 2.05) is 0 Å². The first kappa shape index (κ1) is 17.4. The quantitative estimate of drug-likeness (QED) is 0.469. The highest BCUT2D eigenvalue weighted by Gasteiger charge is 2.56. The number of hydrogen-bond acceptors (Lipinski definition) is 6. The Morgan fingerprint density at radius 1 is 0.889 bits per heavy atom. The van der Waals surface area contributed by atoms with E-state index in [1.165, 1.54) is 12.1 Å². The molecule has 0 aliphatic heterocycles. The SMILES string of the molecule is O=[N+]([O-])c1ccc(NN=C2CC34CC=CCC3(CC=CC4)C2)c([N+](=O)[O-])c1. The first-order valence-electron chi connectivity index (χ1n) is 8.99. The number of rotatable bonds is 4. The maximum absolute atomic E-state index is 11.3. The van der Waals surface area contributed by atoms with Crippen molar-refractivity contribution in [2.45, 2.75) is 38.5 Å². The van der Waals surface area contributed by atoms with Crippen molar-refractivity contribution < 1.29 is 9.85 Å². The van der Waals surface area contributed by atoms with Crippen molar-refractivity contribution in [3.63, 3.8) is 0 Å². The van der Waals surface area contributed by atoms with Crippen LogP contribution in [0.1, 0.15) is 38.5 Å². The molecule has 8 heteroatoms. The third-order valence-electron chi connectivity index (χ3n) is 6.30. The van der Waals surface area contributed by atoms with E-state index in [9.17, 15) is 20.2 Å². The highest BCUT2D eigenvalue weighted by atomic mass is 16.6. The molecule has 3 aliphatic rings. The number of nitro groups is 2. The molecule has 27 heavy (non-hydrogen) atoms. The Hall–Kier alpha value is -3.03. The van der Waals surface area contributed by atoms with Gasteiger partial charge in [-0.2, -0.15) is 5.10 Å². The Labute approximate surface area is 156 Å². The van der Waals surface area contributed by atoms with Crippen LogP contribution in [0.4, 0.5) is 17.1 Å². The summed E-state index contributed by atoms with van der Waals surface area (Å²) in [4.78, 5) is 20.9. The summed E-state index contributed by atoms with van der Waals surface area (Å²) < 4.78 is 0. The Bertz CT molecular complexity index is 855. The molecule has 0 bridgehead atoms. The molecule has 1 saturated carbocycles. The Balaban J connectivity index is 1.60. The number of anilines is 1. The minimum absolute atomic E-state index is 0.169. The molecular formula is C19H20N4O4. The van der Waals surface area contributed by atoms with E-state index in [4.69, 9.17) is 0 Å². The Morgan fingerprint density at radius 3 is 1.93 bits per heavy atom. The fourth-order valence-corrected chi connectivity index (χ4v) is 4.87. The van der Waals surface area contributed by atoms with Gasteiger partial charge in [-0.05, 0) is 55.4 Å². The summed E-state index contributed by atoms with van der Waals surface area (Å²) in [7, 11) is 0. The van der Waals surface area contributed by atoms with Crippen LogP contribution in [0, 0.1) is 31.1 Å². The van der Waals surface area contributed by atoms with Gasteiger partial charge in [-0.25, -0.2) is 0 Å². The molecule has 1 aromatic rings. The zero-order valence-electron chi connectivity index (χ0n) is 14.8. The van der Waals surface area contributed by atoms with Crippen LogP contribution < -0.4 is 5.43 Å². The van der Waals surface area contributed by atoms with Crippen LogP contribution in [0.3, 0.4) is 0 Å². The predicted octanol–water partition coefficient (Wildman–Crippen LogP) is 4.74. The molecule has 0 atom stereocenters. The topological polar surface area (TPSA) is 111 Å². The van der Waals surface area contributed by atoms with E-state index in [2.05, 4.69) is 34.8 Å². The van der Waals surface area contributed by atoms with Gasteiger partial charge >= 0.3 is 5.69 Å².